The van der Waals surface area contributed by atoms with E-state index in [0.717, 1.165) is 15.6 Å². The Balaban J connectivity index is 1.85. The maximum Gasteiger partial charge on any atom is 0.277 e. The van der Waals surface area contributed by atoms with Crippen LogP contribution in [0.2, 0.25) is 5.02 Å². The van der Waals surface area contributed by atoms with E-state index in [4.69, 9.17) is 16.3 Å². The number of carbonyl (C=O) groups is 1. The second-order valence-corrected chi connectivity index (χ2v) is 6.22. The molecule has 106 valence electrons. The Morgan fingerprint density at radius 1 is 1.40 bits per heavy atom. The van der Waals surface area contributed by atoms with E-state index in [1.54, 1.807) is 0 Å². The van der Waals surface area contributed by atoms with Crippen molar-refractivity contribution in [2.24, 2.45) is 0 Å². The summed E-state index contributed by atoms with van der Waals surface area (Å²) in [5, 5.41) is 3.35. The van der Waals surface area contributed by atoms with E-state index in [9.17, 15) is 4.79 Å². The van der Waals surface area contributed by atoms with Crippen LogP contribution >= 0.6 is 22.9 Å². The van der Waals surface area contributed by atoms with E-state index in [0.29, 0.717) is 36.2 Å². The van der Waals surface area contributed by atoms with E-state index < -0.39 is 0 Å². The molecule has 0 unspecified atom stereocenters. The van der Waals surface area contributed by atoms with Gasteiger partial charge in [0, 0.05) is 23.2 Å². The van der Waals surface area contributed by atoms with Gasteiger partial charge in [-0.2, -0.15) is 0 Å². The lowest BCUT2D eigenvalue weighted by Gasteiger charge is -2.26. The van der Waals surface area contributed by atoms with E-state index in [1.165, 1.54) is 11.3 Å². The summed E-state index contributed by atoms with van der Waals surface area (Å²) >= 11 is 7.76. The third-order valence-electron chi connectivity index (χ3n) is 3.26. The van der Waals surface area contributed by atoms with E-state index in [1.807, 2.05) is 24.1 Å². The Kier molecular flexibility index (Phi) is 3.94. The van der Waals surface area contributed by atoms with Crippen LogP contribution in [0.3, 0.4) is 0 Å². The molecule has 0 spiro atoms. The van der Waals surface area contributed by atoms with Gasteiger partial charge in [-0.1, -0.05) is 23.7 Å². The molecule has 6 heteroatoms. The van der Waals surface area contributed by atoms with Crippen LogP contribution in [-0.2, 0) is 4.74 Å². The number of nitrogens with zero attached hydrogens (tertiary/aromatic N) is 1. The molecular formula is C14H15ClN2O2S. The monoisotopic (exact) mass is 310 g/mol. The summed E-state index contributed by atoms with van der Waals surface area (Å²) in [6.07, 6.45) is 0. The van der Waals surface area contributed by atoms with Gasteiger partial charge in [0.25, 0.3) is 5.91 Å². The molecule has 0 saturated carbocycles. The molecular weight excluding hydrogens is 296 g/mol. The standard InChI is InChI=1S/C14H15ClN2O2S/c1-9-2-3-10-11(8-9)20-13(12(10)15)14(18)16-17-4-6-19-7-5-17/h2-3,8H,4-7H2,1H3,(H,16,18). The van der Waals surface area contributed by atoms with Crippen molar-refractivity contribution >= 4 is 38.9 Å². The van der Waals surface area contributed by atoms with Crippen LogP contribution in [0.25, 0.3) is 10.1 Å². The molecule has 1 fully saturated rings. The number of ether oxygens (including phenoxy) is 1. The average Bonchev–Trinajstić information content (AvgIpc) is 2.76. The molecule has 4 nitrogen and oxygen atoms in total. The first-order valence-corrected chi connectivity index (χ1v) is 7.67. The number of thiophene rings is 1. The number of hydrazine groups is 1. The van der Waals surface area contributed by atoms with Crippen LogP contribution in [0.5, 0.6) is 0 Å². The smallest absolute Gasteiger partial charge is 0.277 e. The number of nitrogens with one attached hydrogen (secondary N) is 1. The zero-order valence-corrected chi connectivity index (χ0v) is 12.7. The Hall–Kier alpha value is -1.14. The highest BCUT2D eigenvalue weighted by Crippen LogP contribution is 2.35. The third-order valence-corrected chi connectivity index (χ3v) is 4.92. The molecule has 1 aromatic heterocycles. The topological polar surface area (TPSA) is 41.6 Å². The largest absolute Gasteiger partial charge is 0.379 e. The first-order valence-electron chi connectivity index (χ1n) is 6.47. The van der Waals surface area contributed by atoms with Gasteiger partial charge in [-0.15, -0.1) is 11.3 Å². The van der Waals surface area contributed by atoms with Crippen LogP contribution in [-0.4, -0.2) is 37.2 Å². The van der Waals surface area contributed by atoms with Crippen molar-refractivity contribution in [3.63, 3.8) is 0 Å². The summed E-state index contributed by atoms with van der Waals surface area (Å²) in [5.41, 5.74) is 4.05. The van der Waals surface area contributed by atoms with Crippen molar-refractivity contribution < 1.29 is 9.53 Å². The van der Waals surface area contributed by atoms with Crippen molar-refractivity contribution in [2.45, 2.75) is 6.92 Å². The maximum absolute atomic E-state index is 12.3. The quantitative estimate of drug-likeness (QED) is 0.927. The molecule has 1 saturated heterocycles. The van der Waals surface area contributed by atoms with Crippen molar-refractivity contribution in [1.82, 2.24) is 10.4 Å². The molecule has 1 amide bonds. The van der Waals surface area contributed by atoms with Gasteiger partial charge in [-0.25, -0.2) is 5.01 Å². The number of aryl methyl sites for hydroxylation is 1. The van der Waals surface area contributed by atoms with Crippen molar-refractivity contribution in [2.75, 3.05) is 26.3 Å². The molecule has 3 rings (SSSR count). The predicted octanol–water partition coefficient (Wildman–Crippen LogP) is 2.84. The number of morpholine rings is 1. The summed E-state index contributed by atoms with van der Waals surface area (Å²) in [7, 11) is 0. The molecule has 1 aromatic carbocycles. The zero-order valence-electron chi connectivity index (χ0n) is 11.1. The molecule has 0 atom stereocenters. The van der Waals surface area contributed by atoms with Crippen LogP contribution in [0.4, 0.5) is 0 Å². The Bertz CT molecular complexity index is 650. The van der Waals surface area contributed by atoms with Crippen LogP contribution < -0.4 is 5.43 Å². The number of halogens is 1. The highest BCUT2D eigenvalue weighted by atomic mass is 35.5. The average molecular weight is 311 g/mol. The summed E-state index contributed by atoms with van der Waals surface area (Å²) in [5.74, 6) is -0.143. The Morgan fingerprint density at radius 2 is 2.15 bits per heavy atom. The SMILES string of the molecule is Cc1ccc2c(Cl)c(C(=O)NN3CCOCC3)sc2c1. The number of hydrogen-bond acceptors (Lipinski definition) is 4. The van der Waals surface area contributed by atoms with Gasteiger partial charge >= 0.3 is 0 Å². The first-order chi connectivity index (χ1) is 9.65. The molecule has 2 aromatic rings. The van der Waals surface area contributed by atoms with Gasteiger partial charge < -0.3 is 4.74 Å². The molecule has 0 aliphatic carbocycles. The van der Waals surface area contributed by atoms with Gasteiger partial charge in [0.05, 0.1) is 18.2 Å². The summed E-state index contributed by atoms with van der Waals surface area (Å²) in [6.45, 7) is 4.71. The van der Waals surface area contributed by atoms with Crippen molar-refractivity contribution in [1.29, 1.82) is 0 Å². The van der Waals surface area contributed by atoms with Crippen LogP contribution in [0.1, 0.15) is 15.2 Å². The van der Waals surface area contributed by atoms with Crippen molar-refractivity contribution in [3.05, 3.63) is 33.7 Å². The van der Waals surface area contributed by atoms with Gasteiger partial charge in [-0.05, 0) is 18.6 Å². The van der Waals surface area contributed by atoms with Gasteiger partial charge in [0.15, 0.2) is 0 Å². The number of fused-ring (bicyclic) bond motifs is 1. The summed E-state index contributed by atoms with van der Waals surface area (Å²) in [4.78, 5) is 12.9. The van der Waals surface area contributed by atoms with E-state index >= 15 is 0 Å². The molecule has 0 bridgehead atoms. The molecule has 1 aliphatic rings. The number of rotatable bonds is 2. The lowest BCUT2D eigenvalue weighted by molar-refractivity contribution is 0.0127. The second kappa shape index (κ2) is 5.69. The number of amides is 1. The highest BCUT2D eigenvalue weighted by Gasteiger charge is 2.20. The zero-order chi connectivity index (χ0) is 14.1. The van der Waals surface area contributed by atoms with Crippen molar-refractivity contribution in [3.8, 4) is 0 Å². The lowest BCUT2D eigenvalue weighted by atomic mass is 10.2. The summed E-state index contributed by atoms with van der Waals surface area (Å²) < 4.78 is 6.30. The van der Waals surface area contributed by atoms with Gasteiger partial charge in [0.1, 0.15) is 4.88 Å². The fourth-order valence-electron chi connectivity index (χ4n) is 2.19. The van der Waals surface area contributed by atoms with Gasteiger partial charge in [0.2, 0.25) is 0 Å². The van der Waals surface area contributed by atoms with Crippen LogP contribution in [0, 0.1) is 6.92 Å². The number of carbonyl (C=O) groups excluding carboxylic acids is 1. The van der Waals surface area contributed by atoms with E-state index in [-0.39, 0.29) is 5.91 Å². The molecule has 20 heavy (non-hydrogen) atoms. The minimum atomic E-state index is -0.143. The number of hydrogen-bond donors (Lipinski definition) is 1. The third kappa shape index (κ3) is 2.67. The normalized spacial score (nSPS) is 16.5. The molecule has 1 N–H and O–H groups in total. The Morgan fingerprint density at radius 3 is 2.90 bits per heavy atom. The molecule has 1 aliphatic heterocycles. The minimum Gasteiger partial charge on any atom is -0.379 e. The Labute approximate surface area is 126 Å². The fraction of sp³-hybridized carbons (Fsp3) is 0.357. The number of benzene rings is 1. The van der Waals surface area contributed by atoms with E-state index in [2.05, 4.69) is 11.5 Å². The maximum atomic E-state index is 12.3. The molecule has 0 radical (unpaired) electrons. The highest BCUT2D eigenvalue weighted by molar-refractivity contribution is 7.21. The fourth-order valence-corrected chi connectivity index (χ4v) is 3.69. The first kappa shape index (κ1) is 13.8. The molecule has 2 heterocycles. The summed E-state index contributed by atoms with van der Waals surface area (Å²) in [6, 6.07) is 6.02. The second-order valence-electron chi connectivity index (χ2n) is 4.79. The van der Waals surface area contributed by atoms with Gasteiger partial charge in [-0.3, -0.25) is 10.2 Å². The predicted molar refractivity (Wildman–Crippen MR) is 81.4 cm³/mol. The minimum absolute atomic E-state index is 0.143. The lowest BCUT2D eigenvalue weighted by Crippen LogP contribution is -2.48. The van der Waals surface area contributed by atoms with Crippen LogP contribution in [0.15, 0.2) is 18.2 Å².